The lowest BCUT2D eigenvalue weighted by Crippen LogP contribution is -2.20. The summed E-state index contributed by atoms with van der Waals surface area (Å²) < 4.78 is 11.7. The molecule has 28 heavy (non-hydrogen) atoms. The van der Waals surface area contributed by atoms with Crippen molar-refractivity contribution < 1.29 is 9.47 Å². The zero-order valence-corrected chi connectivity index (χ0v) is 16.4. The molecule has 0 saturated heterocycles. The van der Waals surface area contributed by atoms with E-state index in [2.05, 4.69) is 58.8 Å². The summed E-state index contributed by atoms with van der Waals surface area (Å²) >= 11 is 0. The summed E-state index contributed by atoms with van der Waals surface area (Å²) in [5, 5.41) is 5.80. The Kier molecular flexibility index (Phi) is 5.49. The molecule has 0 atom stereocenters. The smallest absolute Gasteiger partial charge is 0.121 e. The Morgan fingerprint density at radius 1 is 0.857 bits per heavy atom. The van der Waals surface area contributed by atoms with Crippen LogP contribution in [0, 0.1) is 0 Å². The van der Waals surface area contributed by atoms with Crippen molar-refractivity contribution in [1.82, 2.24) is 10.3 Å². The highest BCUT2D eigenvalue weighted by molar-refractivity contribution is 6.07. The van der Waals surface area contributed by atoms with Gasteiger partial charge < -0.3 is 19.8 Å². The number of nitrogens with one attached hydrogen (secondary N) is 2. The highest BCUT2D eigenvalue weighted by Crippen LogP contribution is 2.30. The van der Waals surface area contributed by atoms with E-state index < -0.39 is 0 Å². The molecule has 0 aliphatic carbocycles. The summed E-state index contributed by atoms with van der Waals surface area (Å²) in [6.07, 6.45) is 0.164. The molecule has 4 rings (SSSR count). The zero-order chi connectivity index (χ0) is 19.3. The van der Waals surface area contributed by atoms with Crippen molar-refractivity contribution in [3.63, 3.8) is 0 Å². The molecule has 0 aliphatic heterocycles. The Bertz CT molecular complexity index is 1050. The molecule has 3 aromatic carbocycles. The minimum absolute atomic E-state index is 0.164. The van der Waals surface area contributed by atoms with Gasteiger partial charge in [0.1, 0.15) is 18.1 Å². The summed E-state index contributed by atoms with van der Waals surface area (Å²) in [5.74, 6) is 1.76. The summed E-state index contributed by atoms with van der Waals surface area (Å²) in [7, 11) is 0. The molecule has 0 amide bonds. The number of benzene rings is 3. The molecule has 2 N–H and O–H groups in total. The van der Waals surface area contributed by atoms with Crippen molar-refractivity contribution in [2.45, 2.75) is 26.5 Å². The zero-order valence-electron chi connectivity index (χ0n) is 16.4. The lowest BCUT2D eigenvalue weighted by Gasteiger charge is -2.09. The van der Waals surface area contributed by atoms with Crippen LogP contribution in [0.3, 0.4) is 0 Å². The molecule has 0 fully saturated rings. The van der Waals surface area contributed by atoms with Gasteiger partial charge in [-0.3, -0.25) is 0 Å². The van der Waals surface area contributed by atoms with Crippen molar-refractivity contribution in [3.05, 3.63) is 72.3 Å². The van der Waals surface area contributed by atoms with Crippen LogP contribution in [0.25, 0.3) is 21.8 Å². The van der Waals surface area contributed by atoms with Gasteiger partial charge in [0, 0.05) is 36.0 Å². The largest absolute Gasteiger partial charge is 0.492 e. The lowest BCUT2D eigenvalue weighted by atomic mass is 10.1. The molecule has 1 heterocycles. The van der Waals surface area contributed by atoms with Gasteiger partial charge in [0.25, 0.3) is 0 Å². The average Bonchev–Trinajstić information content (AvgIpc) is 3.05. The number of hydrogen-bond donors (Lipinski definition) is 2. The van der Waals surface area contributed by atoms with Gasteiger partial charge in [0.05, 0.1) is 17.1 Å². The Morgan fingerprint density at radius 3 is 2.25 bits per heavy atom. The van der Waals surface area contributed by atoms with Crippen LogP contribution < -0.4 is 14.8 Å². The molecule has 0 radical (unpaired) electrons. The van der Waals surface area contributed by atoms with E-state index >= 15 is 0 Å². The fraction of sp³-hybridized carbons (Fsp3) is 0.250. The SMILES string of the molecule is CC(C)Oc1ccc2c(c1)[nH]c1cc(OCCNCc3ccccc3)ccc12. The van der Waals surface area contributed by atoms with Crippen LogP contribution in [0.1, 0.15) is 19.4 Å². The van der Waals surface area contributed by atoms with Gasteiger partial charge in [-0.2, -0.15) is 0 Å². The van der Waals surface area contributed by atoms with Crippen LogP contribution >= 0.6 is 0 Å². The summed E-state index contributed by atoms with van der Waals surface area (Å²) in [4.78, 5) is 3.48. The van der Waals surface area contributed by atoms with Crippen LogP contribution in [0.4, 0.5) is 0 Å². The highest BCUT2D eigenvalue weighted by atomic mass is 16.5. The summed E-state index contributed by atoms with van der Waals surface area (Å²) in [6, 6.07) is 22.8. The Balaban J connectivity index is 1.39. The minimum Gasteiger partial charge on any atom is -0.492 e. The van der Waals surface area contributed by atoms with Gasteiger partial charge in [0.2, 0.25) is 0 Å². The third-order valence-electron chi connectivity index (χ3n) is 4.63. The molecular weight excluding hydrogens is 348 g/mol. The number of fused-ring (bicyclic) bond motifs is 3. The molecule has 1 aromatic heterocycles. The van der Waals surface area contributed by atoms with E-state index in [0.717, 1.165) is 35.6 Å². The molecule has 4 nitrogen and oxygen atoms in total. The molecule has 0 bridgehead atoms. The number of ether oxygens (including phenoxy) is 2. The third kappa shape index (κ3) is 4.29. The highest BCUT2D eigenvalue weighted by Gasteiger charge is 2.07. The van der Waals surface area contributed by atoms with Crippen molar-refractivity contribution >= 4 is 21.8 Å². The average molecular weight is 374 g/mol. The fourth-order valence-corrected chi connectivity index (χ4v) is 3.37. The van der Waals surface area contributed by atoms with Gasteiger partial charge in [-0.05, 0) is 43.7 Å². The number of H-pyrrole nitrogens is 1. The quantitative estimate of drug-likeness (QED) is 0.413. The van der Waals surface area contributed by atoms with Crippen LogP contribution in [0.5, 0.6) is 11.5 Å². The molecular formula is C24H26N2O2. The maximum absolute atomic E-state index is 5.92. The maximum Gasteiger partial charge on any atom is 0.121 e. The Morgan fingerprint density at radius 2 is 1.54 bits per heavy atom. The second-order valence-corrected chi connectivity index (χ2v) is 7.22. The van der Waals surface area contributed by atoms with Crippen LogP contribution in [0.15, 0.2) is 66.7 Å². The van der Waals surface area contributed by atoms with Crippen LogP contribution in [-0.2, 0) is 6.54 Å². The fourth-order valence-electron chi connectivity index (χ4n) is 3.37. The first kappa shape index (κ1) is 18.4. The van der Waals surface area contributed by atoms with Gasteiger partial charge in [0.15, 0.2) is 0 Å². The molecule has 4 aromatic rings. The van der Waals surface area contributed by atoms with Crippen LogP contribution in [0.2, 0.25) is 0 Å². The van der Waals surface area contributed by atoms with E-state index in [0.29, 0.717) is 6.61 Å². The first-order valence-corrected chi connectivity index (χ1v) is 9.78. The van der Waals surface area contributed by atoms with Crippen LogP contribution in [-0.4, -0.2) is 24.2 Å². The van der Waals surface area contributed by atoms with Crippen molar-refractivity contribution in [2.24, 2.45) is 0 Å². The number of aromatic amines is 1. The number of hydrogen-bond acceptors (Lipinski definition) is 3. The first-order valence-electron chi connectivity index (χ1n) is 9.78. The summed E-state index contributed by atoms with van der Waals surface area (Å²) in [6.45, 7) is 6.36. The number of aromatic nitrogens is 1. The molecule has 4 heteroatoms. The molecule has 144 valence electrons. The summed E-state index contributed by atoms with van der Waals surface area (Å²) in [5.41, 5.74) is 3.43. The van der Waals surface area contributed by atoms with E-state index in [1.54, 1.807) is 0 Å². The Hall–Kier alpha value is -2.98. The van der Waals surface area contributed by atoms with Crippen molar-refractivity contribution in [2.75, 3.05) is 13.2 Å². The first-order chi connectivity index (χ1) is 13.7. The third-order valence-corrected chi connectivity index (χ3v) is 4.63. The van der Waals surface area contributed by atoms with Gasteiger partial charge >= 0.3 is 0 Å². The lowest BCUT2D eigenvalue weighted by molar-refractivity contribution is 0.243. The minimum atomic E-state index is 0.164. The van der Waals surface area contributed by atoms with E-state index in [1.807, 2.05) is 32.0 Å². The molecule has 0 spiro atoms. The standard InChI is InChI=1S/C24H26N2O2/c1-17(2)28-20-9-11-22-21-10-8-19(14-23(21)26-24(22)15-20)27-13-12-25-16-18-6-4-3-5-7-18/h3-11,14-15,17,25-26H,12-13,16H2,1-2H3. The van der Waals surface area contributed by atoms with Gasteiger partial charge in [-0.15, -0.1) is 0 Å². The molecule has 0 aliphatic rings. The second kappa shape index (κ2) is 8.36. The van der Waals surface area contributed by atoms with E-state index in [1.165, 1.54) is 16.3 Å². The van der Waals surface area contributed by atoms with Crippen molar-refractivity contribution in [1.29, 1.82) is 0 Å². The van der Waals surface area contributed by atoms with E-state index in [4.69, 9.17) is 9.47 Å². The number of rotatable bonds is 8. The Labute approximate surface area is 165 Å². The predicted octanol–water partition coefficient (Wildman–Crippen LogP) is 5.28. The monoisotopic (exact) mass is 374 g/mol. The normalized spacial score (nSPS) is 11.4. The maximum atomic E-state index is 5.92. The topological polar surface area (TPSA) is 46.3 Å². The van der Waals surface area contributed by atoms with Gasteiger partial charge in [-0.1, -0.05) is 30.3 Å². The molecule has 0 saturated carbocycles. The predicted molar refractivity (Wildman–Crippen MR) is 115 cm³/mol. The van der Waals surface area contributed by atoms with E-state index in [9.17, 15) is 0 Å². The van der Waals surface area contributed by atoms with E-state index in [-0.39, 0.29) is 6.10 Å². The second-order valence-electron chi connectivity index (χ2n) is 7.22. The van der Waals surface area contributed by atoms with Gasteiger partial charge in [-0.25, -0.2) is 0 Å². The van der Waals surface area contributed by atoms with Crippen molar-refractivity contribution in [3.8, 4) is 11.5 Å². The molecule has 0 unspecified atom stereocenters.